The molecule has 27 heavy (non-hydrogen) atoms. The number of oxime groups is 1. The highest BCUT2D eigenvalue weighted by Gasteiger charge is 2.31. The van der Waals surface area contributed by atoms with Crippen molar-refractivity contribution in [2.45, 2.75) is 18.7 Å². The van der Waals surface area contributed by atoms with Crippen LogP contribution in [0.5, 0.6) is 5.75 Å². The molecule has 0 radical (unpaired) electrons. The first-order valence-corrected chi connectivity index (χ1v) is 8.02. The zero-order chi connectivity index (χ0) is 18.9. The van der Waals surface area contributed by atoms with Crippen LogP contribution in [0.4, 0.5) is 13.2 Å². The van der Waals surface area contributed by atoms with Crippen molar-refractivity contribution < 1.29 is 22.7 Å². The van der Waals surface area contributed by atoms with Crippen molar-refractivity contribution in [3.8, 4) is 11.4 Å². The van der Waals surface area contributed by atoms with Crippen LogP contribution >= 0.6 is 0 Å². The lowest BCUT2D eigenvalue weighted by atomic mass is 10.0. The van der Waals surface area contributed by atoms with Crippen molar-refractivity contribution in [3.05, 3.63) is 72.3 Å². The second-order valence-corrected chi connectivity index (χ2v) is 5.87. The highest BCUT2D eigenvalue weighted by atomic mass is 19.4. The van der Waals surface area contributed by atoms with Crippen molar-refractivity contribution in [1.82, 2.24) is 14.8 Å². The quantitative estimate of drug-likeness (QED) is 0.691. The first-order valence-electron chi connectivity index (χ1n) is 8.02. The zero-order valence-corrected chi connectivity index (χ0v) is 13.8. The summed E-state index contributed by atoms with van der Waals surface area (Å²) in [6.07, 6.45) is -1.40. The van der Waals surface area contributed by atoms with Gasteiger partial charge in [-0.2, -0.15) is 13.2 Å². The number of nitrogens with zero attached hydrogens (tertiary/aromatic N) is 4. The van der Waals surface area contributed by atoms with E-state index in [9.17, 15) is 13.2 Å². The number of benzene rings is 2. The maximum Gasteiger partial charge on any atom is 0.416 e. The minimum absolute atomic E-state index is 0.322. The van der Waals surface area contributed by atoms with Gasteiger partial charge >= 0.3 is 6.18 Å². The van der Waals surface area contributed by atoms with Gasteiger partial charge in [-0.15, -0.1) is 10.2 Å². The molecule has 0 unspecified atom stereocenters. The topological polar surface area (TPSA) is 61.5 Å². The van der Waals surface area contributed by atoms with E-state index in [4.69, 9.17) is 9.57 Å². The molecule has 2 heterocycles. The Bertz CT molecular complexity index is 953. The Balaban J connectivity index is 1.42. The molecule has 0 fully saturated rings. The molecule has 1 aromatic heterocycles. The Morgan fingerprint density at radius 3 is 2.48 bits per heavy atom. The van der Waals surface area contributed by atoms with Crippen molar-refractivity contribution in [2.24, 2.45) is 5.16 Å². The molecule has 0 N–H and O–H groups in total. The van der Waals surface area contributed by atoms with Crippen molar-refractivity contribution in [1.29, 1.82) is 0 Å². The van der Waals surface area contributed by atoms with Crippen LogP contribution in [0.2, 0.25) is 0 Å². The number of aromatic nitrogens is 3. The molecule has 0 spiro atoms. The van der Waals surface area contributed by atoms with Gasteiger partial charge in [-0.3, -0.25) is 4.57 Å². The van der Waals surface area contributed by atoms with Crippen molar-refractivity contribution in [2.75, 3.05) is 0 Å². The van der Waals surface area contributed by atoms with E-state index in [0.717, 1.165) is 17.8 Å². The average Bonchev–Trinajstić information content (AvgIpc) is 3.33. The molecule has 1 aliphatic rings. The van der Waals surface area contributed by atoms with Gasteiger partial charge < -0.3 is 9.57 Å². The molecule has 0 saturated carbocycles. The van der Waals surface area contributed by atoms with Gasteiger partial charge in [0.1, 0.15) is 18.4 Å². The van der Waals surface area contributed by atoms with Crippen LogP contribution in [0.1, 0.15) is 23.7 Å². The van der Waals surface area contributed by atoms with Gasteiger partial charge in [-0.25, -0.2) is 0 Å². The number of alkyl halides is 3. The number of halogens is 3. The van der Waals surface area contributed by atoms with Crippen LogP contribution in [0.3, 0.4) is 0 Å². The molecule has 1 atom stereocenters. The fraction of sp³-hybridized carbons (Fsp3) is 0.167. The van der Waals surface area contributed by atoms with Gasteiger partial charge in [0, 0.05) is 6.07 Å². The van der Waals surface area contributed by atoms with Crippen LogP contribution in [0, 0.1) is 0 Å². The normalized spacial score (nSPS) is 16.7. The summed E-state index contributed by atoms with van der Waals surface area (Å²) in [5.41, 5.74) is 0.715. The number of rotatable bonds is 3. The summed E-state index contributed by atoms with van der Waals surface area (Å²) in [4.78, 5) is 5.31. The first kappa shape index (κ1) is 17.1. The Morgan fingerprint density at radius 1 is 1.04 bits per heavy atom. The van der Waals surface area contributed by atoms with E-state index in [1.807, 2.05) is 12.1 Å². The second kappa shape index (κ2) is 6.75. The maximum absolute atomic E-state index is 12.7. The average molecular weight is 374 g/mol. The van der Waals surface area contributed by atoms with E-state index in [-0.39, 0.29) is 0 Å². The fourth-order valence-electron chi connectivity index (χ4n) is 2.66. The molecular formula is C18H13F3N4O2. The van der Waals surface area contributed by atoms with E-state index in [1.54, 1.807) is 29.4 Å². The van der Waals surface area contributed by atoms with Crippen LogP contribution in [0.15, 0.2) is 66.3 Å². The molecular weight excluding hydrogens is 361 g/mol. The van der Waals surface area contributed by atoms with Crippen LogP contribution in [-0.4, -0.2) is 20.7 Å². The summed E-state index contributed by atoms with van der Waals surface area (Å²) in [6.45, 7) is 0. The molecule has 0 saturated heterocycles. The van der Waals surface area contributed by atoms with E-state index >= 15 is 0 Å². The van der Waals surface area contributed by atoms with Gasteiger partial charge in [0.2, 0.25) is 5.90 Å². The van der Waals surface area contributed by atoms with Crippen LogP contribution in [-0.2, 0) is 11.0 Å². The molecule has 0 amide bonds. The summed E-state index contributed by atoms with van der Waals surface area (Å²) < 4.78 is 45.4. The minimum atomic E-state index is -4.37. The molecule has 9 heteroatoms. The molecule has 6 nitrogen and oxygen atoms in total. The van der Waals surface area contributed by atoms with E-state index < -0.39 is 17.8 Å². The predicted octanol–water partition coefficient (Wildman–Crippen LogP) is 4.14. The Hall–Kier alpha value is -3.36. The fourth-order valence-corrected chi connectivity index (χ4v) is 2.66. The second-order valence-electron chi connectivity index (χ2n) is 5.87. The molecule has 2 aromatic carbocycles. The van der Waals surface area contributed by atoms with Gasteiger partial charge in [0.15, 0.2) is 6.10 Å². The Kier molecular flexibility index (Phi) is 4.27. The van der Waals surface area contributed by atoms with Gasteiger partial charge in [-0.05, 0) is 29.8 Å². The van der Waals surface area contributed by atoms with Crippen LogP contribution < -0.4 is 4.74 Å². The Morgan fingerprint density at radius 2 is 1.78 bits per heavy atom. The SMILES string of the molecule is FC(F)(F)c1ccc([C@@H]2CC(Oc3cccc(-n4cnnc4)c3)=NO2)cc1. The number of hydrogen-bond acceptors (Lipinski definition) is 5. The maximum atomic E-state index is 12.7. The van der Waals surface area contributed by atoms with Gasteiger partial charge in [-0.1, -0.05) is 23.4 Å². The lowest BCUT2D eigenvalue weighted by Gasteiger charge is -2.11. The van der Waals surface area contributed by atoms with Gasteiger partial charge in [0.25, 0.3) is 0 Å². The van der Waals surface area contributed by atoms with Crippen molar-refractivity contribution >= 4 is 5.90 Å². The first-order chi connectivity index (χ1) is 13.0. The summed E-state index contributed by atoms with van der Waals surface area (Å²) in [5.74, 6) is 0.900. The molecule has 0 bridgehead atoms. The summed E-state index contributed by atoms with van der Waals surface area (Å²) in [5, 5.41) is 11.4. The molecule has 4 rings (SSSR count). The third-order valence-electron chi connectivity index (χ3n) is 4.02. The van der Waals surface area contributed by atoms with Crippen LogP contribution in [0.25, 0.3) is 5.69 Å². The lowest BCUT2D eigenvalue weighted by Crippen LogP contribution is -2.08. The highest BCUT2D eigenvalue weighted by Crippen LogP contribution is 2.33. The molecule has 1 aliphatic heterocycles. The monoisotopic (exact) mass is 374 g/mol. The summed E-state index contributed by atoms with van der Waals surface area (Å²) >= 11 is 0. The summed E-state index contributed by atoms with van der Waals surface area (Å²) in [7, 11) is 0. The molecule has 0 aliphatic carbocycles. The molecule has 138 valence electrons. The predicted molar refractivity (Wildman–Crippen MR) is 89.3 cm³/mol. The zero-order valence-electron chi connectivity index (χ0n) is 13.8. The van der Waals surface area contributed by atoms with Crippen molar-refractivity contribution in [3.63, 3.8) is 0 Å². The van der Waals surface area contributed by atoms with E-state index in [0.29, 0.717) is 23.6 Å². The largest absolute Gasteiger partial charge is 0.440 e. The minimum Gasteiger partial charge on any atom is -0.440 e. The third-order valence-corrected chi connectivity index (χ3v) is 4.02. The molecule has 3 aromatic rings. The van der Waals surface area contributed by atoms with E-state index in [1.165, 1.54) is 12.1 Å². The summed E-state index contributed by atoms with van der Waals surface area (Å²) in [6, 6.07) is 12.1. The number of ether oxygens (including phenoxy) is 1. The van der Waals surface area contributed by atoms with Gasteiger partial charge in [0.05, 0.1) is 17.7 Å². The third kappa shape index (κ3) is 3.76. The lowest BCUT2D eigenvalue weighted by molar-refractivity contribution is -0.137. The standard InChI is InChI=1S/C18H13F3N4O2/c19-18(20,21)13-6-4-12(5-7-13)16-9-17(24-27-16)26-15-3-1-2-14(8-15)25-10-22-23-11-25/h1-8,10-11,16H,9H2/t16-/m0/s1. The van der Waals surface area contributed by atoms with E-state index in [2.05, 4.69) is 15.4 Å². The smallest absolute Gasteiger partial charge is 0.416 e. The number of hydrogen-bond donors (Lipinski definition) is 0. The Labute approximate surface area is 151 Å². The highest BCUT2D eigenvalue weighted by molar-refractivity contribution is 5.80.